The first-order valence-corrected chi connectivity index (χ1v) is 7.49. The summed E-state index contributed by atoms with van der Waals surface area (Å²) >= 11 is 14.1. The van der Waals surface area contributed by atoms with Gasteiger partial charge in [-0.05, 0) is 24.8 Å². The zero-order valence-corrected chi connectivity index (χ0v) is 11.9. The second-order valence-corrected chi connectivity index (χ2v) is 5.37. The molecule has 0 spiro atoms. The highest BCUT2D eigenvalue weighted by molar-refractivity contribution is 7.98. The van der Waals surface area contributed by atoms with Crippen molar-refractivity contribution >= 4 is 35.0 Å². The summed E-state index contributed by atoms with van der Waals surface area (Å²) in [7, 11) is 0. The average molecular weight is 278 g/mol. The molecule has 0 fully saturated rings. The Morgan fingerprint density at radius 1 is 1.31 bits per heavy atom. The monoisotopic (exact) mass is 277 g/mol. The lowest BCUT2D eigenvalue weighted by molar-refractivity contribution is 0.541. The quantitative estimate of drug-likeness (QED) is 0.836. The van der Waals surface area contributed by atoms with E-state index in [1.54, 1.807) is 0 Å². The molecule has 16 heavy (non-hydrogen) atoms. The largest absolute Gasteiger partial charge is 0.309 e. The Morgan fingerprint density at radius 3 is 2.44 bits per heavy atom. The van der Waals surface area contributed by atoms with Gasteiger partial charge in [0.05, 0.1) is 0 Å². The molecule has 1 rings (SSSR count). The molecule has 0 amide bonds. The summed E-state index contributed by atoms with van der Waals surface area (Å²) in [4.78, 5) is 0. The summed E-state index contributed by atoms with van der Waals surface area (Å²) in [5.74, 6) is 1.11. The highest BCUT2D eigenvalue weighted by Crippen LogP contribution is 2.24. The van der Waals surface area contributed by atoms with Gasteiger partial charge in [0.15, 0.2) is 0 Å². The number of halogens is 2. The maximum Gasteiger partial charge on any atom is 0.0465 e. The van der Waals surface area contributed by atoms with Gasteiger partial charge in [-0.2, -0.15) is 11.8 Å². The molecule has 0 heterocycles. The maximum absolute atomic E-state index is 6.10. The van der Waals surface area contributed by atoms with Crippen molar-refractivity contribution in [1.29, 1.82) is 0 Å². The van der Waals surface area contributed by atoms with Crippen molar-refractivity contribution in [1.82, 2.24) is 5.32 Å². The van der Waals surface area contributed by atoms with Crippen molar-refractivity contribution in [3.63, 3.8) is 0 Å². The zero-order valence-electron chi connectivity index (χ0n) is 9.59. The predicted octanol–water partition coefficient (Wildman–Crippen LogP) is 4.22. The smallest absolute Gasteiger partial charge is 0.0465 e. The van der Waals surface area contributed by atoms with Crippen molar-refractivity contribution in [2.75, 3.05) is 12.0 Å². The molecule has 4 heteroatoms. The van der Waals surface area contributed by atoms with E-state index >= 15 is 0 Å². The summed E-state index contributed by atoms with van der Waals surface area (Å²) in [5.41, 5.74) is 0.991. The molecular weight excluding hydrogens is 261 g/mol. The molecule has 0 aliphatic rings. The number of hydrogen-bond donors (Lipinski definition) is 1. The highest BCUT2D eigenvalue weighted by Gasteiger charge is 2.08. The van der Waals surface area contributed by atoms with Gasteiger partial charge in [0.2, 0.25) is 0 Å². The van der Waals surface area contributed by atoms with Crippen LogP contribution >= 0.6 is 35.0 Å². The van der Waals surface area contributed by atoms with Gasteiger partial charge in [0.1, 0.15) is 0 Å². The predicted molar refractivity (Wildman–Crippen MR) is 75.8 cm³/mol. The minimum Gasteiger partial charge on any atom is -0.309 e. The fourth-order valence-corrected chi connectivity index (χ4v) is 2.76. The summed E-state index contributed by atoms with van der Waals surface area (Å²) in [6.07, 6.45) is 3.23. The first kappa shape index (κ1) is 14.2. The fraction of sp³-hybridized carbons (Fsp3) is 0.500. The third kappa shape index (κ3) is 4.17. The van der Waals surface area contributed by atoms with E-state index in [-0.39, 0.29) is 0 Å². The molecule has 0 radical (unpaired) electrons. The zero-order chi connectivity index (χ0) is 12.0. The molecule has 1 aromatic carbocycles. The van der Waals surface area contributed by atoms with Gasteiger partial charge in [-0.15, -0.1) is 0 Å². The third-order valence-corrected chi connectivity index (χ3v) is 3.93. The first-order valence-electron chi connectivity index (χ1n) is 5.34. The molecule has 0 aromatic heterocycles. The standard InChI is InChI=1S/C12H17Cl2NS/c1-3-9(8-16-2)15-7-10-11(13)5-4-6-12(10)14/h4-6,9,15H,3,7-8H2,1-2H3. The van der Waals surface area contributed by atoms with Crippen LogP contribution in [0.25, 0.3) is 0 Å². The second-order valence-electron chi connectivity index (χ2n) is 3.64. The van der Waals surface area contributed by atoms with Crippen molar-refractivity contribution in [2.24, 2.45) is 0 Å². The van der Waals surface area contributed by atoms with Gasteiger partial charge in [-0.1, -0.05) is 36.2 Å². The molecule has 0 saturated carbocycles. The lowest BCUT2D eigenvalue weighted by Gasteiger charge is -2.16. The number of nitrogens with one attached hydrogen (secondary N) is 1. The van der Waals surface area contributed by atoms with Gasteiger partial charge in [-0.3, -0.25) is 0 Å². The molecule has 1 N–H and O–H groups in total. The van der Waals surface area contributed by atoms with E-state index in [9.17, 15) is 0 Å². The Morgan fingerprint density at radius 2 is 1.94 bits per heavy atom. The van der Waals surface area contributed by atoms with Crippen LogP contribution in [0.2, 0.25) is 10.0 Å². The normalized spacial score (nSPS) is 12.8. The SMILES string of the molecule is CCC(CSC)NCc1c(Cl)cccc1Cl. The molecule has 0 aliphatic heterocycles. The van der Waals surface area contributed by atoms with Crippen LogP contribution in [-0.4, -0.2) is 18.1 Å². The number of benzene rings is 1. The van der Waals surface area contributed by atoms with E-state index in [1.807, 2.05) is 30.0 Å². The van der Waals surface area contributed by atoms with E-state index in [4.69, 9.17) is 23.2 Å². The van der Waals surface area contributed by atoms with Crippen LogP contribution in [-0.2, 0) is 6.54 Å². The van der Waals surface area contributed by atoms with Crippen LogP contribution in [0, 0.1) is 0 Å². The van der Waals surface area contributed by atoms with E-state index < -0.39 is 0 Å². The van der Waals surface area contributed by atoms with Crippen LogP contribution in [0.4, 0.5) is 0 Å². The van der Waals surface area contributed by atoms with Gasteiger partial charge in [0, 0.05) is 33.9 Å². The Balaban J connectivity index is 2.59. The Hall–Kier alpha value is 0.110. The molecule has 1 nitrogen and oxygen atoms in total. The fourth-order valence-electron chi connectivity index (χ4n) is 1.47. The van der Waals surface area contributed by atoms with Gasteiger partial charge >= 0.3 is 0 Å². The minimum atomic E-state index is 0.516. The molecule has 90 valence electrons. The summed E-state index contributed by atoms with van der Waals surface area (Å²) in [5, 5.41) is 4.95. The maximum atomic E-state index is 6.10. The van der Waals surface area contributed by atoms with Gasteiger partial charge in [0.25, 0.3) is 0 Å². The van der Waals surface area contributed by atoms with E-state index in [2.05, 4.69) is 18.5 Å². The second kappa shape index (κ2) is 7.44. The van der Waals surface area contributed by atoms with Crippen LogP contribution < -0.4 is 5.32 Å². The van der Waals surface area contributed by atoms with Crippen LogP contribution in [0.1, 0.15) is 18.9 Å². The van der Waals surface area contributed by atoms with Gasteiger partial charge < -0.3 is 5.32 Å². The number of hydrogen-bond acceptors (Lipinski definition) is 2. The number of thioether (sulfide) groups is 1. The molecular formula is C12H17Cl2NS. The lowest BCUT2D eigenvalue weighted by Crippen LogP contribution is -2.30. The van der Waals surface area contributed by atoms with E-state index in [0.717, 1.165) is 34.3 Å². The Bertz CT molecular complexity index is 311. The summed E-state index contributed by atoms with van der Waals surface area (Å²) in [6.45, 7) is 2.92. The molecule has 1 aromatic rings. The van der Waals surface area contributed by atoms with Crippen molar-refractivity contribution in [3.05, 3.63) is 33.8 Å². The first-order chi connectivity index (χ1) is 7.69. The van der Waals surface area contributed by atoms with Crippen molar-refractivity contribution in [2.45, 2.75) is 25.9 Å². The topological polar surface area (TPSA) is 12.0 Å². The molecule has 0 aliphatic carbocycles. The van der Waals surface area contributed by atoms with E-state index in [1.165, 1.54) is 0 Å². The summed E-state index contributed by atoms with van der Waals surface area (Å²) in [6, 6.07) is 6.13. The van der Waals surface area contributed by atoms with Crippen LogP contribution in [0.5, 0.6) is 0 Å². The molecule has 0 saturated heterocycles. The molecule has 1 unspecified atom stereocenters. The average Bonchev–Trinajstić information content (AvgIpc) is 2.27. The third-order valence-electron chi connectivity index (χ3n) is 2.49. The number of rotatable bonds is 6. The van der Waals surface area contributed by atoms with Gasteiger partial charge in [-0.25, -0.2) is 0 Å². The van der Waals surface area contributed by atoms with Crippen LogP contribution in [0.3, 0.4) is 0 Å². The van der Waals surface area contributed by atoms with Crippen LogP contribution in [0.15, 0.2) is 18.2 Å². The van der Waals surface area contributed by atoms with E-state index in [0.29, 0.717) is 6.04 Å². The van der Waals surface area contributed by atoms with Crippen molar-refractivity contribution in [3.8, 4) is 0 Å². The molecule has 0 bridgehead atoms. The Labute approximate surface area is 112 Å². The lowest BCUT2D eigenvalue weighted by atomic mass is 10.2. The highest BCUT2D eigenvalue weighted by atomic mass is 35.5. The summed E-state index contributed by atoms with van der Waals surface area (Å²) < 4.78 is 0. The minimum absolute atomic E-state index is 0.516. The van der Waals surface area contributed by atoms with Crippen molar-refractivity contribution < 1.29 is 0 Å². The molecule has 1 atom stereocenters. The Kier molecular flexibility index (Phi) is 6.59.